The Labute approximate surface area is 233 Å². The van der Waals surface area contributed by atoms with Crippen molar-refractivity contribution in [3.8, 4) is 0 Å². The summed E-state index contributed by atoms with van der Waals surface area (Å²) in [6.07, 6.45) is 0. The normalized spacial score (nSPS) is 10.6. The molecule has 7 rings (SSSR count). The average Bonchev–Trinajstić information content (AvgIpc) is 3.00. The molecular formula is C35H30N2OS. The third kappa shape index (κ3) is 5.25. The van der Waals surface area contributed by atoms with Crippen molar-refractivity contribution in [3.63, 3.8) is 0 Å². The van der Waals surface area contributed by atoms with Gasteiger partial charge >= 0.3 is 0 Å². The quantitative estimate of drug-likeness (QED) is 0.146. The highest BCUT2D eigenvalue weighted by molar-refractivity contribution is 7.72. The number of aryl methyl sites for hydroxylation is 3. The maximum atomic E-state index is 12.2. The molecule has 0 atom stereocenters. The minimum atomic E-state index is 0.115. The molecule has 0 amide bonds. The minimum absolute atomic E-state index is 0.115. The van der Waals surface area contributed by atoms with E-state index in [0.29, 0.717) is 0 Å². The molecule has 0 unspecified atom stereocenters. The number of rotatable bonds is 0. The van der Waals surface area contributed by atoms with Gasteiger partial charge in [0.1, 0.15) is 0 Å². The van der Waals surface area contributed by atoms with E-state index in [1.165, 1.54) is 16.6 Å². The summed E-state index contributed by atoms with van der Waals surface area (Å²) in [6.45, 7) is 2.08. The first-order valence-corrected chi connectivity index (χ1v) is 13.3. The van der Waals surface area contributed by atoms with E-state index in [9.17, 15) is 4.79 Å². The maximum absolute atomic E-state index is 12.2. The predicted octanol–water partition coefficient (Wildman–Crippen LogP) is 8.75. The summed E-state index contributed by atoms with van der Waals surface area (Å²) in [5.41, 5.74) is 5.77. The van der Waals surface area contributed by atoms with E-state index in [-0.39, 0.29) is 5.43 Å². The van der Waals surface area contributed by atoms with Gasteiger partial charge in [-0.2, -0.15) is 0 Å². The summed E-state index contributed by atoms with van der Waals surface area (Å²) >= 11 is 5.54. The van der Waals surface area contributed by atoms with Crippen LogP contribution >= 0.6 is 12.2 Å². The number of hydrogen-bond donors (Lipinski definition) is 0. The molecule has 2 aromatic heterocycles. The average molecular weight is 527 g/mol. The summed E-state index contributed by atoms with van der Waals surface area (Å²) in [5.74, 6) is 0. The fourth-order valence-electron chi connectivity index (χ4n) is 4.92. The van der Waals surface area contributed by atoms with E-state index >= 15 is 0 Å². The van der Waals surface area contributed by atoms with Crippen molar-refractivity contribution in [1.82, 2.24) is 9.13 Å². The molecule has 0 aliphatic heterocycles. The Bertz CT molecular complexity index is 1790. The van der Waals surface area contributed by atoms with E-state index in [1.807, 2.05) is 98.0 Å². The van der Waals surface area contributed by atoms with Crippen LogP contribution in [0.5, 0.6) is 0 Å². The van der Waals surface area contributed by atoms with Crippen LogP contribution in [0.4, 0.5) is 0 Å². The van der Waals surface area contributed by atoms with Gasteiger partial charge in [-0.25, -0.2) is 0 Å². The Hall–Kier alpha value is -4.54. The zero-order valence-corrected chi connectivity index (χ0v) is 23.2. The van der Waals surface area contributed by atoms with Crippen LogP contribution in [0.3, 0.4) is 0 Å². The van der Waals surface area contributed by atoms with Crippen LogP contribution in [0.15, 0.2) is 132 Å². The molecule has 4 heteroatoms. The van der Waals surface area contributed by atoms with Crippen molar-refractivity contribution in [2.75, 3.05) is 0 Å². The summed E-state index contributed by atoms with van der Waals surface area (Å²) in [6, 6.07) is 42.2. The highest BCUT2D eigenvalue weighted by Gasteiger charge is 2.06. The van der Waals surface area contributed by atoms with E-state index in [4.69, 9.17) is 12.2 Å². The van der Waals surface area contributed by atoms with E-state index < -0.39 is 0 Å². The van der Waals surface area contributed by atoms with Gasteiger partial charge in [-0.3, -0.25) is 4.79 Å². The van der Waals surface area contributed by atoms with Crippen LogP contribution in [-0.2, 0) is 14.1 Å². The zero-order valence-electron chi connectivity index (χ0n) is 22.3. The standard InChI is InChI=1S/C14H11NO.C14H11NS.C7H8/c2*1-15-12-8-4-2-6-10(12)14(16)11-7-3-5-9-13(11)15;1-7-5-3-2-4-6-7/h2*2-9H,1H3;2-6H,1H3. The SMILES string of the molecule is Cc1ccccc1.Cn1c2ccccc2c(=O)c2ccccc21.Cn1c2ccccc2c(=S)c2ccccc21. The largest absolute Gasteiger partial charge is 0.344 e. The van der Waals surface area contributed by atoms with Gasteiger partial charge in [0, 0.05) is 46.7 Å². The smallest absolute Gasteiger partial charge is 0.197 e. The molecule has 0 aliphatic rings. The molecule has 0 spiro atoms. The van der Waals surface area contributed by atoms with Crippen LogP contribution in [0, 0.1) is 11.4 Å². The number of hydrogen-bond acceptors (Lipinski definition) is 2. The second kappa shape index (κ2) is 11.5. The van der Waals surface area contributed by atoms with Gasteiger partial charge in [-0.05, 0) is 43.3 Å². The molecule has 0 N–H and O–H groups in total. The van der Waals surface area contributed by atoms with E-state index in [0.717, 1.165) is 37.1 Å². The molecule has 0 bridgehead atoms. The molecule has 2 heterocycles. The van der Waals surface area contributed by atoms with E-state index in [1.54, 1.807) is 0 Å². The third-order valence-corrected chi connectivity index (χ3v) is 7.42. The van der Waals surface area contributed by atoms with Crippen molar-refractivity contribution in [2.45, 2.75) is 6.92 Å². The Kier molecular flexibility index (Phi) is 7.67. The molecule has 192 valence electrons. The fraction of sp³-hybridized carbons (Fsp3) is 0.0857. The number of benzene rings is 5. The van der Waals surface area contributed by atoms with Gasteiger partial charge < -0.3 is 9.13 Å². The lowest BCUT2D eigenvalue weighted by molar-refractivity contribution is 1.00. The molecule has 0 aliphatic carbocycles. The Balaban J connectivity index is 0.000000128. The summed E-state index contributed by atoms with van der Waals surface area (Å²) in [7, 11) is 4.07. The number of pyridine rings is 2. The molecule has 3 nitrogen and oxygen atoms in total. The summed E-state index contributed by atoms with van der Waals surface area (Å²) in [5, 5.41) is 3.87. The maximum Gasteiger partial charge on any atom is 0.197 e. The number of nitrogens with zero attached hydrogens (tertiary/aromatic N) is 2. The highest BCUT2D eigenvalue weighted by Crippen LogP contribution is 2.24. The second-order valence-corrected chi connectivity index (χ2v) is 9.91. The van der Waals surface area contributed by atoms with Crippen molar-refractivity contribution >= 4 is 55.8 Å². The molecular weight excluding hydrogens is 496 g/mol. The molecule has 0 saturated carbocycles. The lowest BCUT2D eigenvalue weighted by atomic mass is 10.1. The number of fused-ring (bicyclic) bond motifs is 4. The molecule has 0 radical (unpaired) electrons. The van der Waals surface area contributed by atoms with Gasteiger partial charge in [-0.1, -0.05) is 109 Å². The molecule has 0 fully saturated rings. The van der Waals surface area contributed by atoms with Gasteiger partial charge in [0.2, 0.25) is 0 Å². The predicted molar refractivity (Wildman–Crippen MR) is 169 cm³/mol. The van der Waals surface area contributed by atoms with Gasteiger partial charge in [-0.15, -0.1) is 0 Å². The lowest BCUT2D eigenvalue weighted by Crippen LogP contribution is -2.08. The summed E-state index contributed by atoms with van der Waals surface area (Å²) in [4.78, 5) is 12.2. The van der Waals surface area contributed by atoms with Crippen molar-refractivity contribution in [1.29, 1.82) is 0 Å². The minimum Gasteiger partial charge on any atom is -0.344 e. The number of para-hydroxylation sites is 4. The Morgan fingerprint density at radius 2 is 0.769 bits per heavy atom. The highest BCUT2D eigenvalue weighted by atomic mass is 32.1. The van der Waals surface area contributed by atoms with Crippen molar-refractivity contribution in [3.05, 3.63) is 148 Å². The van der Waals surface area contributed by atoms with Crippen LogP contribution in [0.2, 0.25) is 0 Å². The van der Waals surface area contributed by atoms with Gasteiger partial charge in [0.15, 0.2) is 5.43 Å². The summed E-state index contributed by atoms with van der Waals surface area (Å²) < 4.78 is 5.20. The van der Waals surface area contributed by atoms with E-state index in [2.05, 4.69) is 59.5 Å². The van der Waals surface area contributed by atoms with Crippen molar-refractivity contribution < 1.29 is 0 Å². The van der Waals surface area contributed by atoms with Gasteiger partial charge in [0.25, 0.3) is 0 Å². The van der Waals surface area contributed by atoms with Gasteiger partial charge in [0.05, 0.1) is 15.5 Å². The Morgan fingerprint density at radius 1 is 0.462 bits per heavy atom. The first-order valence-electron chi connectivity index (χ1n) is 12.9. The lowest BCUT2D eigenvalue weighted by Gasteiger charge is -2.10. The first kappa shape index (κ1) is 26.1. The molecule has 39 heavy (non-hydrogen) atoms. The number of aromatic nitrogens is 2. The zero-order chi connectivity index (χ0) is 27.4. The molecule has 0 saturated heterocycles. The monoisotopic (exact) mass is 526 g/mol. The topological polar surface area (TPSA) is 26.9 Å². The second-order valence-electron chi connectivity index (χ2n) is 9.50. The molecule has 7 aromatic rings. The molecule has 5 aromatic carbocycles. The van der Waals surface area contributed by atoms with Crippen LogP contribution in [0.1, 0.15) is 5.56 Å². The Morgan fingerprint density at radius 3 is 1.13 bits per heavy atom. The van der Waals surface area contributed by atoms with Crippen LogP contribution in [-0.4, -0.2) is 9.13 Å². The van der Waals surface area contributed by atoms with Crippen molar-refractivity contribution in [2.24, 2.45) is 14.1 Å². The fourth-order valence-corrected chi connectivity index (χ4v) is 5.26. The van der Waals surface area contributed by atoms with Crippen LogP contribution < -0.4 is 5.43 Å². The third-order valence-electron chi connectivity index (χ3n) is 6.98. The first-order chi connectivity index (χ1) is 19.0. The van der Waals surface area contributed by atoms with Crippen LogP contribution in [0.25, 0.3) is 43.6 Å².